The van der Waals surface area contributed by atoms with Gasteiger partial charge in [0, 0.05) is 18.4 Å². The minimum atomic E-state index is -5.08. The molecule has 0 bridgehead atoms. The Morgan fingerprint density at radius 3 is 2.31 bits per heavy atom. The van der Waals surface area contributed by atoms with Crippen LogP contribution in [0.4, 0.5) is 13.2 Å². The van der Waals surface area contributed by atoms with Crippen LogP contribution < -0.4 is 10.1 Å². The predicted molar refractivity (Wildman–Crippen MR) is 128 cm³/mol. The molecule has 0 unspecified atom stereocenters. The molecule has 0 saturated carbocycles. The second-order valence-electron chi connectivity index (χ2n) is 8.11. The van der Waals surface area contributed by atoms with E-state index in [0.29, 0.717) is 21.9 Å². The summed E-state index contributed by atoms with van der Waals surface area (Å²) < 4.78 is 44.4. The van der Waals surface area contributed by atoms with Crippen LogP contribution in [0.25, 0.3) is 6.08 Å². The van der Waals surface area contributed by atoms with E-state index in [0.717, 1.165) is 6.08 Å². The summed E-state index contributed by atoms with van der Waals surface area (Å²) in [4.78, 5) is 37.7. The predicted octanol–water partition coefficient (Wildman–Crippen LogP) is 6.24. The maximum Gasteiger partial charge on any atom is 0.450 e. The number of hydrogen-bond acceptors (Lipinski definition) is 4. The zero-order chi connectivity index (χ0) is 26.3. The van der Waals surface area contributed by atoms with Crippen molar-refractivity contribution in [2.75, 3.05) is 7.11 Å². The topological polar surface area (TPSA) is 72.5 Å². The maximum atomic E-state index is 13.2. The summed E-state index contributed by atoms with van der Waals surface area (Å²) in [6, 6.07) is 9.61. The lowest BCUT2D eigenvalue weighted by atomic mass is 9.84. The van der Waals surface area contributed by atoms with Crippen molar-refractivity contribution in [2.45, 2.75) is 32.5 Å². The van der Waals surface area contributed by atoms with Crippen molar-refractivity contribution in [3.05, 3.63) is 69.7 Å². The summed E-state index contributed by atoms with van der Waals surface area (Å²) in [7, 11) is 1.41. The molecule has 2 atom stereocenters. The van der Waals surface area contributed by atoms with Crippen molar-refractivity contribution in [3.8, 4) is 5.75 Å². The van der Waals surface area contributed by atoms with Crippen LogP contribution in [0.5, 0.6) is 5.75 Å². The van der Waals surface area contributed by atoms with Gasteiger partial charge in [-0.2, -0.15) is 13.2 Å². The molecule has 0 aromatic heterocycles. The number of methoxy groups -OCH3 is 1. The number of Topliss-reactive ketones (excluding diaryl/α,β-unsaturated/α-hetero) is 2. The lowest BCUT2D eigenvalue weighted by molar-refractivity contribution is -0.177. The highest BCUT2D eigenvalue weighted by molar-refractivity contribution is 6.42. The lowest BCUT2D eigenvalue weighted by Crippen LogP contribution is -2.38. The highest BCUT2D eigenvalue weighted by Crippen LogP contribution is 2.30. The van der Waals surface area contributed by atoms with Gasteiger partial charge in [0.2, 0.25) is 11.7 Å². The van der Waals surface area contributed by atoms with Gasteiger partial charge in [0.05, 0.1) is 17.2 Å². The highest BCUT2D eigenvalue weighted by Gasteiger charge is 2.45. The Bertz CT molecular complexity index is 1120. The van der Waals surface area contributed by atoms with Crippen LogP contribution >= 0.6 is 23.2 Å². The Hall–Kier alpha value is -2.84. The summed E-state index contributed by atoms with van der Waals surface area (Å²) in [5.41, 5.74) is 0.863. The van der Waals surface area contributed by atoms with E-state index in [1.54, 1.807) is 24.3 Å². The van der Waals surface area contributed by atoms with Crippen LogP contribution in [0, 0.1) is 11.8 Å². The number of nitrogens with one attached hydrogen (secondary N) is 1. The number of carbonyl (C=O) groups excluding carboxylic acids is 3. The zero-order valence-electron chi connectivity index (χ0n) is 19.2. The van der Waals surface area contributed by atoms with E-state index >= 15 is 0 Å². The van der Waals surface area contributed by atoms with Gasteiger partial charge in [-0.25, -0.2) is 0 Å². The molecule has 188 valence electrons. The Morgan fingerprint density at radius 1 is 1.06 bits per heavy atom. The molecule has 2 aromatic rings. The van der Waals surface area contributed by atoms with Crippen LogP contribution in [0.2, 0.25) is 10.0 Å². The second kappa shape index (κ2) is 12.2. The van der Waals surface area contributed by atoms with Gasteiger partial charge in [-0.1, -0.05) is 55.2 Å². The number of ether oxygens (including phenoxy) is 1. The highest BCUT2D eigenvalue weighted by atomic mass is 35.5. The fourth-order valence-electron chi connectivity index (χ4n) is 3.33. The molecule has 2 rings (SSSR count). The van der Waals surface area contributed by atoms with E-state index in [9.17, 15) is 27.6 Å². The molecule has 0 saturated heterocycles. The third-order valence-electron chi connectivity index (χ3n) is 5.25. The molecule has 0 fully saturated rings. The van der Waals surface area contributed by atoms with Gasteiger partial charge in [0.25, 0.3) is 0 Å². The average Bonchev–Trinajstić information content (AvgIpc) is 2.80. The first kappa shape index (κ1) is 28.4. The van der Waals surface area contributed by atoms with Crippen molar-refractivity contribution in [2.24, 2.45) is 11.8 Å². The number of carbonyl (C=O) groups is 3. The zero-order valence-corrected chi connectivity index (χ0v) is 20.7. The number of ketones is 2. The number of rotatable bonds is 10. The second-order valence-corrected chi connectivity index (χ2v) is 8.92. The molecular formula is C25H24Cl2F3NO4. The van der Waals surface area contributed by atoms with Crippen molar-refractivity contribution < 1.29 is 32.3 Å². The van der Waals surface area contributed by atoms with Gasteiger partial charge in [-0.15, -0.1) is 0 Å². The SMILES string of the molecule is COc1cccc([C@H](NC(=O)/C=C/c2ccc(Cl)c(Cl)c2)C(=O)C[C@H](C(=O)C(F)(F)F)C(C)C)c1. The Labute approximate surface area is 211 Å². The number of benzene rings is 2. The molecule has 10 heteroatoms. The van der Waals surface area contributed by atoms with Gasteiger partial charge in [0.15, 0.2) is 5.78 Å². The summed E-state index contributed by atoms with van der Waals surface area (Å²) in [5, 5.41) is 3.14. The smallest absolute Gasteiger partial charge is 0.450 e. The first-order chi connectivity index (χ1) is 16.3. The van der Waals surface area contributed by atoms with Gasteiger partial charge >= 0.3 is 6.18 Å². The number of alkyl halides is 3. The standard InChI is InChI=1S/C25H24Cl2F3NO4/c1-14(2)18(24(34)25(28,29)30)13-21(32)23(16-5-4-6-17(12-16)35-3)31-22(33)10-8-15-7-9-19(26)20(27)11-15/h4-12,14,18,23H,13H2,1-3H3,(H,31,33)/b10-8+/t18-,23-/m0/s1. The Kier molecular flexibility index (Phi) is 9.92. The van der Waals surface area contributed by atoms with Crippen molar-refractivity contribution in [1.29, 1.82) is 0 Å². The van der Waals surface area contributed by atoms with E-state index in [-0.39, 0.29) is 5.02 Å². The molecule has 5 nitrogen and oxygen atoms in total. The molecule has 0 aliphatic rings. The molecule has 0 aliphatic heterocycles. The molecule has 2 aromatic carbocycles. The number of halogens is 5. The lowest BCUT2D eigenvalue weighted by Gasteiger charge is -2.24. The van der Waals surface area contributed by atoms with Crippen molar-refractivity contribution in [3.63, 3.8) is 0 Å². The van der Waals surface area contributed by atoms with E-state index in [2.05, 4.69) is 5.32 Å². The molecule has 0 aliphatic carbocycles. The fraction of sp³-hybridized carbons (Fsp3) is 0.320. The van der Waals surface area contributed by atoms with Crippen molar-refractivity contribution >= 4 is 46.8 Å². The largest absolute Gasteiger partial charge is 0.497 e. The van der Waals surface area contributed by atoms with Crippen LogP contribution in [0.3, 0.4) is 0 Å². The Balaban J connectivity index is 2.33. The third-order valence-corrected chi connectivity index (χ3v) is 5.99. The number of hydrogen-bond donors (Lipinski definition) is 1. The molecule has 1 N–H and O–H groups in total. The summed E-state index contributed by atoms with van der Waals surface area (Å²) in [6.07, 6.45) is -3.18. The van der Waals surface area contributed by atoms with Crippen LogP contribution in [-0.2, 0) is 14.4 Å². The quantitative estimate of drug-likeness (QED) is 0.370. The molecule has 35 heavy (non-hydrogen) atoms. The first-order valence-corrected chi connectivity index (χ1v) is 11.3. The minimum Gasteiger partial charge on any atom is -0.497 e. The third kappa shape index (κ3) is 8.11. The minimum absolute atomic E-state index is 0.285. The van der Waals surface area contributed by atoms with Crippen LogP contribution in [0.15, 0.2) is 48.5 Å². The maximum absolute atomic E-state index is 13.2. The fourth-order valence-corrected chi connectivity index (χ4v) is 3.63. The average molecular weight is 530 g/mol. The van der Waals surface area contributed by atoms with E-state index in [1.807, 2.05) is 0 Å². The normalized spacial score (nSPS) is 13.5. The molecule has 0 radical (unpaired) electrons. The molecule has 1 amide bonds. The van der Waals surface area contributed by atoms with Gasteiger partial charge in [-0.05, 0) is 47.4 Å². The van der Waals surface area contributed by atoms with E-state index in [4.69, 9.17) is 27.9 Å². The molecule has 0 heterocycles. The Morgan fingerprint density at radius 2 is 1.74 bits per heavy atom. The van der Waals surface area contributed by atoms with Crippen LogP contribution in [-0.4, -0.2) is 30.8 Å². The van der Waals surface area contributed by atoms with Crippen molar-refractivity contribution in [1.82, 2.24) is 5.32 Å². The first-order valence-electron chi connectivity index (χ1n) is 10.5. The summed E-state index contributed by atoms with van der Waals surface area (Å²) >= 11 is 11.8. The van der Waals surface area contributed by atoms with Gasteiger partial charge in [0.1, 0.15) is 11.8 Å². The monoisotopic (exact) mass is 529 g/mol. The van der Waals surface area contributed by atoms with E-state index in [1.165, 1.54) is 45.2 Å². The number of amides is 1. The van der Waals surface area contributed by atoms with Gasteiger partial charge < -0.3 is 10.1 Å². The molecule has 0 spiro atoms. The summed E-state index contributed by atoms with van der Waals surface area (Å²) in [6.45, 7) is 2.86. The molecular weight excluding hydrogens is 506 g/mol. The summed E-state index contributed by atoms with van der Waals surface area (Å²) in [5.74, 6) is -5.35. The van der Waals surface area contributed by atoms with Crippen LogP contribution in [0.1, 0.15) is 37.4 Å². The van der Waals surface area contributed by atoms with E-state index < -0.39 is 47.9 Å². The van der Waals surface area contributed by atoms with Gasteiger partial charge in [-0.3, -0.25) is 14.4 Å².